The van der Waals surface area contributed by atoms with Gasteiger partial charge in [0, 0.05) is 20.0 Å². The molecule has 0 aromatic carbocycles. The summed E-state index contributed by atoms with van der Waals surface area (Å²) in [5, 5.41) is 54.0. The number of carbonyl (C=O) groups is 4. The third-order valence-corrected chi connectivity index (χ3v) is 3.27. The van der Waals surface area contributed by atoms with Crippen LogP contribution in [0.3, 0.4) is 0 Å². The molecule has 0 saturated carbocycles. The van der Waals surface area contributed by atoms with Gasteiger partial charge in [0.15, 0.2) is 31.1 Å². The van der Waals surface area contributed by atoms with E-state index < -0.39 is 43.1 Å². The summed E-state index contributed by atoms with van der Waals surface area (Å²) in [7, 11) is 0. The van der Waals surface area contributed by atoms with Crippen LogP contribution in [0.2, 0.25) is 0 Å². The molecular weight excluding hydrogens is 382 g/mol. The summed E-state index contributed by atoms with van der Waals surface area (Å²) in [6.07, 6.45) is -3.70. The summed E-state index contributed by atoms with van der Waals surface area (Å²) in [6.45, 7) is 1.71. The zero-order chi connectivity index (χ0) is 22.1. The number of aliphatic hydroxyl groups excluding tert-OH is 5. The van der Waals surface area contributed by atoms with Crippen LogP contribution in [0, 0.1) is 0 Å². The second-order valence-corrected chi connectivity index (χ2v) is 5.71. The quantitative estimate of drug-likeness (QED) is 0.165. The van der Waals surface area contributed by atoms with Crippen molar-refractivity contribution in [3.63, 3.8) is 0 Å². The lowest BCUT2D eigenvalue weighted by Crippen LogP contribution is -2.50. The van der Waals surface area contributed by atoms with Crippen molar-refractivity contribution in [3.8, 4) is 0 Å². The second kappa shape index (κ2) is 17.3. The van der Waals surface area contributed by atoms with Gasteiger partial charge in [0.05, 0.1) is 6.61 Å². The van der Waals surface area contributed by atoms with Crippen molar-refractivity contribution in [2.75, 3.05) is 19.7 Å². The normalized spacial score (nSPS) is 18.2. The molecule has 1 heterocycles. The highest BCUT2D eigenvalue weighted by atomic mass is 16.7. The van der Waals surface area contributed by atoms with Crippen LogP contribution in [-0.2, 0) is 24.0 Å². The largest absolute Gasteiger partial charge is 0.481 e. The molecule has 164 valence electrons. The molecule has 1 saturated heterocycles. The van der Waals surface area contributed by atoms with Gasteiger partial charge in [0.25, 0.3) is 5.97 Å². The average molecular weight is 411 g/mol. The molecule has 0 bridgehead atoms. The van der Waals surface area contributed by atoms with Crippen LogP contribution in [0.4, 0.5) is 0 Å². The minimum Gasteiger partial charge on any atom is -0.481 e. The van der Waals surface area contributed by atoms with E-state index in [1.807, 2.05) is 0 Å². The molecule has 1 aliphatic rings. The molecule has 0 radical (unpaired) electrons. The second-order valence-electron chi connectivity index (χ2n) is 5.71. The minimum atomic E-state index is -1.63. The first kappa shape index (κ1) is 28.4. The fraction of sp³-hybridized carbons (Fsp3) is 0.750. The molecule has 1 rings (SSSR count). The van der Waals surface area contributed by atoms with E-state index in [4.69, 9.17) is 25.0 Å². The summed E-state index contributed by atoms with van der Waals surface area (Å²) >= 11 is 0. The highest BCUT2D eigenvalue weighted by Gasteiger charge is 2.33. The van der Waals surface area contributed by atoms with E-state index in [2.05, 4.69) is 0 Å². The summed E-state index contributed by atoms with van der Waals surface area (Å²) in [4.78, 5) is 43.7. The number of hydroxylamine groups is 2. The molecule has 28 heavy (non-hydrogen) atoms. The van der Waals surface area contributed by atoms with Crippen LogP contribution in [0.15, 0.2) is 0 Å². The molecule has 1 aliphatic heterocycles. The standard InChI is InChI=1S/C11H21NO6.C3H4O3.C2H4O2/c13-6-8(15)10(16)11(17)9(7-14)18-12-4-2-1-3-5-12;4-1-3(6)2-5;1-2(3)4/h7-11,13,15-17H,1-6H2;1-3,6H;1H3,(H,3,4). The van der Waals surface area contributed by atoms with E-state index in [1.165, 1.54) is 0 Å². The molecule has 0 amide bonds. The predicted octanol–water partition coefficient (Wildman–Crippen LogP) is -3.12. The van der Waals surface area contributed by atoms with Gasteiger partial charge in [-0.1, -0.05) is 6.42 Å². The van der Waals surface area contributed by atoms with Gasteiger partial charge in [0.2, 0.25) is 0 Å². The molecule has 0 aromatic rings. The first-order chi connectivity index (χ1) is 13.1. The number of aliphatic carboxylic acids is 1. The number of hydrogen-bond donors (Lipinski definition) is 6. The number of aliphatic hydroxyl groups is 5. The van der Waals surface area contributed by atoms with Gasteiger partial charge >= 0.3 is 0 Å². The van der Waals surface area contributed by atoms with Crippen molar-refractivity contribution in [1.82, 2.24) is 5.06 Å². The zero-order valence-electron chi connectivity index (χ0n) is 15.5. The van der Waals surface area contributed by atoms with Crippen molar-refractivity contribution in [3.05, 3.63) is 0 Å². The van der Waals surface area contributed by atoms with Gasteiger partial charge in [-0.2, -0.15) is 5.06 Å². The number of hydrogen-bond acceptors (Lipinski definition) is 11. The van der Waals surface area contributed by atoms with Crippen molar-refractivity contribution >= 4 is 24.8 Å². The summed E-state index contributed by atoms with van der Waals surface area (Å²) in [5.74, 6) is -0.833. The van der Waals surface area contributed by atoms with Gasteiger partial charge in [-0.3, -0.25) is 19.2 Å². The smallest absolute Gasteiger partial charge is 0.300 e. The fourth-order valence-corrected chi connectivity index (χ4v) is 1.87. The van der Waals surface area contributed by atoms with Crippen LogP contribution in [0.5, 0.6) is 0 Å². The number of nitrogens with zero attached hydrogens (tertiary/aromatic N) is 1. The van der Waals surface area contributed by atoms with E-state index in [0.717, 1.165) is 26.2 Å². The molecule has 0 aliphatic carbocycles. The lowest BCUT2D eigenvalue weighted by molar-refractivity contribution is -0.235. The molecular formula is C16H29NO11. The maximum atomic E-state index is 10.9. The van der Waals surface area contributed by atoms with Crippen molar-refractivity contribution < 1.29 is 54.7 Å². The molecule has 1 fully saturated rings. The Kier molecular flexibility index (Phi) is 17.6. The van der Waals surface area contributed by atoms with E-state index in [9.17, 15) is 29.7 Å². The van der Waals surface area contributed by atoms with Crippen LogP contribution in [0.25, 0.3) is 0 Å². The topological polar surface area (TPSA) is 202 Å². The predicted molar refractivity (Wildman–Crippen MR) is 92.9 cm³/mol. The highest BCUT2D eigenvalue weighted by molar-refractivity contribution is 5.79. The third-order valence-electron chi connectivity index (χ3n) is 3.27. The summed E-state index contributed by atoms with van der Waals surface area (Å²) in [5.41, 5.74) is 0. The van der Waals surface area contributed by atoms with E-state index in [1.54, 1.807) is 5.06 Å². The molecule has 4 atom stereocenters. The van der Waals surface area contributed by atoms with Gasteiger partial charge in [0.1, 0.15) is 18.3 Å². The van der Waals surface area contributed by atoms with Gasteiger partial charge in [-0.15, -0.1) is 0 Å². The lowest BCUT2D eigenvalue weighted by Gasteiger charge is -2.32. The van der Waals surface area contributed by atoms with Crippen LogP contribution >= 0.6 is 0 Å². The maximum absolute atomic E-state index is 10.9. The Morgan fingerprint density at radius 2 is 1.43 bits per heavy atom. The fourth-order valence-electron chi connectivity index (χ4n) is 1.87. The van der Waals surface area contributed by atoms with Crippen molar-refractivity contribution in [1.29, 1.82) is 0 Å². The lowest BCUT2D eigenvalue weighted by atomic mass is 10.0. The Bertz CT molecular complexity index is 430. The molecule has 12 nitrogen and oxygen atoms in total. The SMILES string of the molecule is CC(=O)O.O=CC(O)C=O.O=CC(ON1CCCCC1)C(O)C(O)C(O)CO. The van der Waals surface area contributed by atoms with Gasteiger partial charge in [-0.25, -0.2) is 0 Å². The highest BCUT2D eigenvalue weighted by Crippen LogP contribution is 2.13. The Balaban J connectivity index is 0. The number of carboxylic acid groups (broad SMARTS) is 1. The Morgan fingerprint density at radius 3 is 1.75 bits per heavy atom. The maximum Gasteiger partial charge on any atom is 0.300 e. The monoisotopic (exact) mass is 411 g/mol. The van der Waals surface area contributed by atoms with Crippen LogP contribution in [-0.4, -0.2) is 111 Å². The Labute approximate surface area is 161 Å². The average Bonchev–Trinajstić information content (AvgIpc) is 2.70. The van der Waals surface area contributed by atoms with Crippen LogP contribution in [0.1, 0.15) is 26.2 Å². The Hall–Kier alpha value is -1.80. The van der Waals surface area contributed by atoms with E-state index in [-0.39, 0.29) is 12.6 Å². The van der Waals surface area contributed by atoms with Gasteiger partial charge in [-0.05, 0) is 12.8 Å². The summed E-state index contributed by atoms with van der Waals surface area (Å²) in [6, 6.07) is 0. The molecule has 0 aromatic heterocycles. The molecule has 6 N–H and O–H groups in total. The van der Waals surface area contributed by atoms with E-state index in [0.29, 0.717) is 19.4 Å². The van der Waals surface area contributed by atoms with Crippen LogP contribution < -0.4 is 0 Å². The Morgan fingerprint density at radius 1 is 0.964 bits per heavy atom. The molecule has 4 unspecified atom stereocenters. The first-order valence-electron chi connectivity index (χ1n) is 8.44. The summed E-state index contributed by atoms with van der Waals surface area (Å²) < 4.78 is 0. The van der Waals surface area contributed by atoms with E-state index >= 15 is 0 Å². The van der Waals surface area contributed by atoms with Crippen molar-refractivity contribution in [2.24, 2.45) is 0 Å². The number of carbonyl (C=O) groups excluding carboxylic acids is 3. The molecule has 12 heteroatoms. The zero-order valence-corrected chi connectivity index (χ0v) is 15.5. The number of piperidine rings is 1. The molecule has 0 spiro atoms. The number of aldehydes is 3. The van der Waals surface area contributed by atoms with Crippen molar-refractivity contribution in [2.45, 2.75) is 56.7 Å². The van der Waals surface area contributed by atoms with Gasteiger partial charge < -0.3 is 35.4 Å². The number of carboxylic acids is 1. The minimum absolute atomic E-state index is 0.160. The first-order valence-corrected chi connectivity index (χ1v) is 8.44. The third kappa shape index (κ3) is 14.3. The number of rotatable bonds is 9.